The lowest BCUT2D eigenvalue weighted by atomic mass is 9.91. The third-order valence-electron chi connectivity index (χ3n) is 5.35. The number of phenolic OH excluding ortho intramolecular Hbond substituents is 1. The number of Topliss-reactive ketones (excluding diaryl/α,β-unsaturated/α-hetero) is 1. The molecule has 4 unspecified atom stereocenters. The Morgan fingerprint density at radius 1 is 1.15 bits per heavy atom. The minimum atomic E-state index is -1.30. The monoisotopic (exact) mass is 454 g/mol. The molecule has 9 heteroatoms. The van der Waals surface area contributed by atoms with E-state index in [2.05, 4.69) is 5.32 Å². The second kappa shape index (κ2) is 10.3. The minimum absolute atomic E-state index is 0.0678. The van der Waals surface area contributed by atoms with Gasteiger partial charge in [-0.1, -0.05) is 24.3 Å². The molecule has 174 valence electrons. The molecule has 0 saturated heterocycles. The van der Waals surface area contributed by atoms with Crippen LogP contribution in [-0.2, 0) is 16.0 Å². The van der Waals surface area contributed by atoms with Crippen molar-refractivity contribution in [2.45, 2.75) is 44.1 Å². The highest BCUT2D eigenvalue weighted by atomic mass is 16.5. The van der Waals surface area contributed by atoms with Crippen LogP contribution in [0.15, 0.2) is 60.2 Å². The normalized spacial score (nSPS) is 20.9. The van der Waals surface area contributed by atoms with Crippen molar-refractivity contribution in [3.05, 3.63) is 71.3 Å². The maximum atomic E-state index is 12.8. The summed E-state index contributed by atoms with van der Waals surface area (Å²) < 4.78 is 5.73. The molecular weight excluding hydrogens is 428 g/mol. The van der Waals surface area contributed by atoms with Gasteiger partial charge in [0, 0.05) is 24.0 Å². The molecule has 9 nitrogen and oxygen atoms in total. The van der Waals surface area contributed by atoms with Crippen molar-refractivity contribution in [2.75, 3.05) is 0 Å². The van der Waals surface area contributed by atoms with Crippen LogP contribution in [0.25, 0.3) is 0 Å². The van der Waals surface area contributed by atoms with Crippen molar-refractivity contribution in [1.29, 1.82) is 0 Å². The van der Waals surface area contributed by atoms with Crippen LogP contribution < -0.4 is 15.8 Å². The number of primary amides is 1. The van der Waals surface area contributed by atoms with Gasteiger partial charge in [-0.25, -0.2) is 0 Å². The van der Waals surface area contributed by atoms with E-state index in [4.69, 9.17) is 10.5 Å². The number of nitrogens with one attached hydrogen (secondary N) is 1. The predicted octanol–water partition coefficient (Wildman–Crippen LogP) is 0.607. The molecule has 1 aliphatic rings. The second-order valence-corrected chi connectivity index (χ2v) is 7.92. The zero-order chi connectivity index (χ0) is 24.1. The zero-order valence-electron chi connectivity index (χ0n) is 18.0. The Labute approximate surface area is 190 Å². The largest absolute Gasteiger partial charge is 0.508 e. The first-order valence-electron chi connectivity index (χ1n) is 10.4. The lowest BCUT2D eigenvalue weighted by molar-refractivity contribution is -0.126. The molecule has 0 bridgehead atoms. The number of carbonyl (C=O) groups excluding carboxylic acids is 3. The molecule has 0 saturated carbocycles. The van der Waals surface area contributed by atoms with Crippen LogP contribution in [0.3, 0.4) is 0 Å². The highest BCUT2D eigenvalue weighted by molar-refractivity contribution is 5.97. The molecule has 0 aromatic heterocycles. The first kappa shape index (κ1) is 24.0. The topological polar surface area (TPSA) is 159 Å². The van der Waals surface area contributed by atoms with Crippen molar-refractivity contribution < 1.29 is 34.4 Å². The highest BCUT2D eigenvalue weighted by Gasteiger charge is 2.35. The van der Waals surface area contributed by atoms with E-state index in [0.717, 1.165) is 0 Å². The van der Waals surface area contributed by atoms with Crippen molar-refractivity contribution in [2.24, 2.45) is 5.73 Å². The number of ketones is 1. The first-order chi connectivity index (χ1) is 15.6. The van der Waals surface area contributed by atoms with Gasteiger partial charge in [0.25, 0.3) is 0 Å². The summed E-state index contributed by atoms with van der Waals surface area (Å²) in [4.78, 5) is 36.3. The fraction of sp³-hybridized carbons (Fsp3) is 0.292. The van der Waals surface area contributed by atoms with E-state index in [0.29, 0.717) is 16.9 Å². The smallest absolute Gasteiger partial charge is 0.247 e. The molecule has 0 aliphatic heterocycles. The molecule has 0 radical (unpaired) electrons. The van der Waals surface area contributed by atoms with Gasteiger partial charge in [0.15, 0.2) is 5.78 Å². The molecule has 2 amide bonds. The molecule has 2 aromatic carbocycles. The van der Waals surface area contributed by atoms with Crippen LogP contribution in [0.2, 0.25) is 0 Å². The van der Waals surface area contributed by atoms with Crippen molar-refractivity contribution in [3.63, 3.8) is 0 Å². The number of benzene rings is 2. The van der Waals surface area contributed by atoms with Gasteiger partial charge in [0.2, 0.25) is 11.8 Å². The quantitative estimate of drug-likeness (QED) is 0.365. The Hall–Kier alpha value is -3.69. The number of aliphatic hydroxyl groups is 2. The summed E-state index contributed by atoms with van der Waals surface area (Å²) in [6.07, 6.45) is -2.29. The van der Waals surface area contributed by atoms with Crippen molar-refractivity contribution in [3.8, 4) is 11.5 Å². The average molecular weight is 454 g/mol. The Balaban J connectivity index is 1.76. The summed E-state index contributed by atoms with van der Waals surface area (Å²) in [6.45, 7) is 1.41. The number of nitrogens with two attached hydrogens (primary N) is 1. The minimum Gasteiger partial charge on any atom is -0.508 e. The van der Waals surface area contributed by atoms with Crippen molar-refractivity contribution in [1.82, 2.24) is 5.32 Å². The van der Waals surface area contributed by atoms with E-state index >= 15 is 0 Å². The van der Waals surface area contributed by atoms with Gasteiger partial charge >= 0.3 is 0 Å². The number of aromatic hydroxyl groups is 1. The van der Waals surface area contributed by atoms with Crippen LogP contribution >= 0.6 is 0 Å². The fourth-order valence-electron chi connectivity index (χ4n) is 3.49. The van der Waals surface area contributed by atoms with Crippen molar-refractivity contribution >= 4 is 17.6 Å². The van der Waals surface area contributed by atoms with Gasteiger partial charge < -0.3 is 31.1 Å². The van der Waals surface area contributed by atoms with Gasteiger partial charge in [-0.3, -0.25) is 14.4 Å². The molecule has 33 heavy (non-hydrogen) atoms. The number of phenols is 1. The molecule has 6 N–H and O–H groups in total. The maximum Gasteiger partial charge on any atom is 0.247 e. The Kier molecular flexibility index (Phi) is 7.47. The second-order valence-electron chi connectivity index (χ2n) is 7.92. The van der Waals surface area contributed by atoms with Gasteiger partial charge in [-0.2, -0.15) is 0 Å². The Bertz CT molecular complexity index is 1060. The lowest BCUT2D eigenvalue weighted by Gasteiger charge is -2.31. The van der Waals surface area contributed by atoms with Crippen LogP contribution in [-0.4, -0.2) is 57.3 Å². The van der Waals surface area contributed by atoms with Crippen LogP contribution in [0.5, 0.6) is 11.5 Å². The summed E-state index contributed by atoms with van der Waals surface area (Å²) in [7, 11) is 0. The number of amides is 2. The molecule has 3 rings (SSSR count). The standard InChI is InChI=1S/C24H26N2O7/c1-13(27)15-3-2-4-18(10-15)33-21-12-16(11-20(29)22(21)30)24(32)26-19(23(25)31)9-14-5-7-17(28)8-6-14/h2-8,10,12,19-22,28-30H,9,11H2,1H3,(H2,25,31)(H,26,32). The van der Waals surface area contributed by atoms with E-state index in [-0.39, 0.29) is 29.9 Å². The number of hydrogen-bond acceptors (Lipinski definition) is 7. The molecule has 0 spiro atoms. The zero-order valence-corrected chi connectivity index (χ0v) is 18.0. The molecule has 0 heterocycles. The summed E-state index contributed by atoms with van der Waals surface area (Å²) >= 11 is 0. The fourth-order valence-corrected chi connectivity index (χ4v) is 3.49. The SMILES string of the molecule is CC(=O)c1cccc(OC2C=C(C(=O)NC(Cc3ccc(O)cc3)C(N)=O)CC(O)C2O)c1. The highest BCUT2D eigenvalue weighted by Crippen LogP contribution is 2.25. The molecular formula is C24H26N2O7. The Morgan fingerprint density at radius 2 is 1.85 bits per heavy atom. The third-order valence-corrected chi connectivity index (χ3v) is 5.35. The van der Waals surface area contributed by atoms with E-state index in [1.54, 1.807) is 30.3 Å². The predicted molar refractivity (Wildman–Crippen MR) is 119 cm³/mol. The number of aliphatic hydroxyl groups excluding tert-OH is 2. The van der Waals surface area contributed by atoms with Gasteiger partial charge in [-0.15, -0.1) is 0 Å². The number of ether oxygens (including phenoxy) is 1. The van der Waals surface area contributed by atoms with Gasteiger partial charge in [0.1, 0.15) is 29.7 Å². The number of rotatable bonds is 8. The van der Waals surface area contributed by atoms with Crippen LogP contribution in [0.4, 0.5) is 0 Å². The van der Waals surface area contributed by atoms with Crippen LogP contribution in [0.1, 0.15) is 29.3 Å². The summed E-state index contributed by atoms with van der Waals surface area (Å²) in [5.41, 5.74) is 6.66. The van der Waals surface area contributed by atoms with E-state index in [1.807, 2.05) is 0 Å². The molecule has 2 aromatic rings. The first-order valence-corrected chi connectivity index (χ1v) is 10.4. The number of hydrogen-bond donors (Lipinski definition) is 5. The lowest BCUT2D eigenvalue weighted by Crippen LogP contribution is -2.49. The van der Waals surface area contributed by atoms with E-state index < -0.39 is 36.2 Å². The molecule has 0 fully saturated rings. The van der Waals surface area contributed by atoms with E-state index in [9.17, 15) is 29.7 Å². The number of carbonyl (C=O) groups is 3. The molecule has 4 atom stereocenters. The summed E-state index contributed by atoms with van der Waals surface area (Å²) in [5, 5.41) is 32.6. The van der Waals surface area contributed by atoms with E-state index in [1.165, 1.54) is 31.2 Å². The maximum absolute atomic E-state index is 12.8. The van der Waals surface area contributed by atoms with Gasteiger partial charge in [-0.05, 0) is 42.8 Å². The van der Waals surface area contributed by atoms with Crippen LogP contribution in [0, 0.1) is 0 Å². The Morgan fingerprint density at radius 3 is 2.48 bits per heavy atom. The van der Waals surface area contributed by atoms with Gasteiger partial charge in [0.05, 0.1) is 6.10 Å². The summed E-state index contributed by atoms with van der Waals surface area (Å²) in [5.74, 6) is -1.18. The average Bonchev–Trinajstić information content (AvgIpc) is 2.77. The molecule has 1 aliphatic carbocycles. The third kappa shape index (κ3) is 6.18. The summed E-state index contributed by atoms with van der Waals surface area (Å²) in [6, 6.07) is 11.4.